The third kappa shape index (κ3) is 6.08. The van der Waals surface area contributed by atoms with E-state index in [9.17, 15) is 4.79 Å². The SMILES string of the molecule is Cl.Cl.O=C(NCC1CCCNC1)c1ccc(Br)cn1. The van der Waals surface area contributed by atoms with E-state index in [0.717, 1.165) is 24.1 Å². The molecule has 0 bridgehead atoms. The Hall–Kier alpha value is -0.360. The molecule has 7 heteroatoms. The van der Waals surface area contributed by atoms with Crippen LogP contribution in [0.15, 0.2) is 22.8 Å². The monoisotopic (exact) mass is 369 g/mol. The summed E-state index contributed by atoms with van der Waals surface area (Å²) in [6.07, 6.45) is 4.01. The molecule has 1 aliphatic rings. The van der Waals surface area contributed by atoms with Gasteiger partial charge in [0, 0.05) is 17.2 Å². The van der Waals surface area contributed by atoms with Gasteiger partial charge < -0.3 is 10.6 Å². The van der Waals surface area contributed by atoms with Gasteiger partial charge >= 0.3 is 0 Å². The number of rotatable bonds is 3. The average molecular weight is 371 g/mol. The van der Waals surface area contributed by atoms with Crippen molar-refractivity contribution in [1.29, 1.82) is 0 Å². The molecule has 1 aromatic heterocycles. The van der Waals surface area contributed by atoms with Gasteiger partial charge in [-0.25, -0.2) is 4.98 Å². The Bertz CT molecular complexity index is 383. The molecule has 0 aromatic carbocycles. The number of hydrogen-bond acceptors (Lipinski definition) is 3. The molecule has 1 saturated heterocycles. The van der Waals surface area contributed by atoms with Gasteiger partial charge in [0.2, 0.25) is 0 Å². The maximum absolute atomic E-state index is 11.8. The van der Waals surface area contributed by atoms with Crippen LogP contribution in [0.2, 0.25) is 0 Å². The van der Waals surface area contributed by atoms with E-state index in [1.54, 1.807) is 12.3 Å². The molecule has 2 N–H and O–H groups in total. The molecule has 1 fully saturated rings. The first-order chi connectivity index (χ1) is 8.25. The molecule has 2 heterocycles. The fraction of sp³-hybridized carbons (Fsp3) is 0.500. The Morgan fingerprint density at radius 3 is 2.84 bits per heavy atom. The van der Waals surface area contributed by atoms with Crippen LogP contribution in [-0.4, -0.2) is 30.5 Å². The summed E-state index contributed by atoms with van der Waals surface area (Å²) in [6, 6.07) is 3.54. The summed E-state index contributed by atoms with van der Waals surface area (Å²) < 4.78 is 0.880. The Morgan fingerprint density at radius 2 is 2.26 bits per heavy atom. The van der Waals surface area contributed by atoms with Crippen molar-refractivity contribution in [3.63, 3.8) is 0 Å². The minimum atomic E-state index is -0.0944. The number of hydrogen-bond donors (Lipinski definition) is 2. The smallest absolute Gasteiger partial charge is 0.269 e. The van der Waals surface area contributed by atoms with Gasteiger partial charge in [-0.1, -0.05) is 0 Å². The highest BCUT2D eigenvalue weighted by Crippen LogP contribution is 2.09. The second-order valence-corrected chi connectivity index (χ2v) is 5.20. The fourth-order valence-electron chi connectivity index (χ4n) is 1.94. The third-order valence-corrected chi connectivity index (χ3v) is 3.38. The van der Waals surface area contributed by atoms with Gasteiger partial charge in [0.15, 0.2) is 0 Å². The topological polar surface area (TPSA) is 54.0 Å². The summed E-state index contributed by atoms with van der Waals surface area (Å²) in [5.41, 5.74) is 0.469. The van der Waals surface area contributed by atoms with Gasteiger partial charge in [-0.3, -0.25) is 4.79 Å². The molecule has 0 saturated carbocycles. The lowest BCUT2D eigenvalue weighted by molar-refractivity contribution is 0.0940. The Kier molecular flexibility index (Phi) is 9.35. The van der Waals surface area contributed by atoms with E-state index in [0.29, 0.717) is 11.6 Å². The fourth-order valence-corrected chi connectivity index (χ4v) is 2.17. The van der Waals surface area contributed by atoms with E-state index >= 15 is 0 Å². The zero-order valence-electron chi connectivity index (χ0n) is 10.4. The first-order valence-corrected chi connectivity index (χ1v) is 6.65. The number of carbonyl (C=O) groups excluding carboxylic acids is 1. The second kappa shape index (κ2) is 9.53. The van der Waals surface area contributed by atoms with Gasteiger partial charge in [-0.15, -0.1) is 24.8 Å². The van der Waals surface area contributed by atoms with E-state index in [1.165, 1.54) is 12.8 Å². The number of piperidine rings is 1. The normalized spacial score (nSPS) is 17.8. The summed E-state index contributed by atoms with van der Waals surface area (Å²) in [6.45, 7) is 2.82. The zero-order valence-corrected chi connectivity index (χ0v) is 13.6. The zero-order chi connectivity index (χ0) is 12.1. The standard InChI is InChI=1S/C12H16BrN3O.2ClH/c13-10-3-4-11(15-8-10)12(17)16-7-9-2-1-5-14-6-9;;/h3-4,8-9,14H,1-2,5-7H2,(H,16,17);2*1H. The first kappa shape index (κ1) is 18.6. The molecular formula is C12H18BrCl2N3O. The van der Waals surface area contributed by atoms with Crippen LogP contribution in [-0.2, 0) is 0 Å². The lowest BCUT2D eigenvalue weighted by atomic mass is 10.00. The summed E-state index contributed by atoms with van der Waals surface area (Å²) in [5.74, 6) is 0.450. The average Bonchev–Trinajstić information content (AvgIpc) is 2.38. The maximum atomic E-state index is 11.8. The van der Waals surface area contributed by atoms with Gasteiger partial charge in [0.05, 0.1) is 0 Å². The van der Waals surface area contributed by atoms with Gasteiger partial charge in [0.1, 0.15) is 5.69 Å². The Morgan fingerprint density at radius 1 is 1.47 bits per heavy atom. The van der Waals surface area contributed by atoms with Crippen molar-refractivity contribution in [2.24, 2.45) is 5.92 Å². The van der Waals surface area contributed by atoms with Crippen LogP contribution in [0.25, 0.3) is 0 Å². The summed E-state index contributed by atoms with van der Waals surface area (Å²) in [7, 11) is 0. The minimum Gasteiger partial charge on any atom is -0.350 e. The molecule has 1 aromatic rings. The third-order valence-electron chi connectivity index (χ3n) is 2.91. The number of halogens is 3. The van der Waals surface area contributed by atoms with Crippen LogP contribution >= 0.6 is 40.7 Å². The van der Waals surface area contributed by atoms with E-state index in [-0.39, 0.29) is 30.7 Å². The maximum Gasteiger partial charge on any atom is 0.269 e. The molecule has 0 aliphatic carbocycles. The largest absolute Gasteiger partial charge is 0.350 e. The lowest BCUT2D eigenvalue weighted by Gasteiger charge is -2.22. The Labute approximate surface area is 134 Å². The van der Waals surface area contributed by atoms with E-state index in [4.69, 9.17) is 0 Å². The van der Waals surface area contributed by atoms with Crippen LogP contribution in [0.5, 0.6) is 0 Å². The predicted octanol–water partition coefficient (Wildman–Crippen LogP) is 2.42. The predicted molar refractivity (Wildman–Crippen MR) is 84.4 cm³/mol. The molecule has 1 atom stereocenters. The van der Waals surface area contributed by atoms with Gasteiger partial charge in [0.25, 0.3) is 5.91 Å². The number of nitrogens with one attached hydrogen (secondary N) is 2. The molecule has 108 valence electrons. The minimum absolute atomic E-state index is 0. The second-order valence-electron chi connectivity index (χ2n) is 4.28. The quantitative estimate of drug-likeness (QED) is 0.858. The van der Waals surface area contributed by atoms with E-state index < -0.39 is 0 Å². The highest BCUT2D eigenvalue weighted by molar-refractivity contribution is 9.10. The van der Waals surface area contributed by atoms with Crippen LogP contribution < -0.4 is 10.6 Å². The summed E-state index contributed by atoms with van der Waals surface area (Å²) in [4.78, 5) is 15.9. The van der Waals surface area contributed by atoms with Crippen LogP contribution in [0, 0.1) is 5.92 Å². The molecule has 0 spiro atoms. The van der Waals surface area contributed by atoms with Crippen molar-refractivity contribution in [3.8, 4) is 0 Å². The van der Waals surface area contributed by atoms with Crippen molar-refractivity contribution in [2.45, 2.75) is 12.8 Å². The van der Waals surface area contributed by atoms with Crippen molar-refractivity contribution in [1.82, 2.24) is 15.6 Å². The molecule has 19 heavy (non-hydrogen) atoms. The summed E-state index contributed by atoms with van der Waals surface area (Å²) >= 11 is 3.29. The van der Waals surface area contributed by atoms with Gasteiger partial charge in [-0.05, 0) is 59.9 Å². The van der Waals surface area contributed by atoms with Crippen LogP contribution in [0.4, 0.5) is 0 Å². The number of pyridine rings is 1. The molecule has 1 aliphatic heterocycles. The number of nitrogens with zero attached hydrogens (tertiary/aromatic N) is 1. The Balaban J connectivity index is 0.00000162. The summed E-state index contributed by atoms with van der Waals surface area (Å²) in [5, 5.41) is 6.26. The number of aromatic nitrogens is 1. The van der Waals surface area contributed by atoms with Crippen LogP contribution in [0.3, 0.4) is 0 Å². The highest BCUT2D eigenvalue weighted by atomic mass is 79.9. The first-order valence-electron chi connectivity index (χ1n) is 5.86. The van der Waals surface area contributed by atoms with Crippen molar-refractivity contribution in [2.75, 3.05) is 19.6 Å². The molecule has 4 nitrogen and oxygen atoms in total. The number of carbonyl (C=O) groups is 1. The molecular weight excluding hydrogens is 353 g/mol. The van der Waals surface area contributed by atoms with Gasteiger partial charge in [-0.2, -0.15) is 0 Å². The van der Waals surface area contributed by atoms with Crippen molar-refractivity contribution < 1.29 is 4.79 Å². The number of amides is 1. The van der Waals surface area contributed by atoms with Crippen LogP contribution in [0.1, 0.15) is 23.3 Å². The van der Waals surface area contributed by atoms with E-state index in [1.807, 2.05) is 6.07 Å². The van der Waals surface area contributed by atoms with Crippen molar-refractivity contribution in [3.05, 3.63) is 28.5 Å². The molecule has 2 rings (SSSR count). The molecule has 1 unspecified atom stereocenters. The molecule has 0 radical (unpaired) electrons. The lowest BCUT2D eigenvalue weighted by Crippen LogP contribution is -2.38. The highest BCUT2D eigenvalue weighted by Gasteiger charge is 2.14. The molecule has 1 amide bonds. The van der Waals surface area contributed by atoms with E-state index in [2.05, 4.69) is 31.5 Å². The van der Waals surface area contributed by atoms with Crippen molar-refractivity contribution >= 4 is 46.7 Å².